The topological polar surface area (TPSA) is 96.0 Å². The minimum atomic E-state index is -4.20. The van der Waals surface area contributed by atoms with Crippen LogP contribution in [0.1, 0.15) is 25.0 Å². The summed E-state index contributed by atoms with van der Waals surface area (Å²) in [5.74, 6) is -0.352. The number of anilines is 1. The Bertz CT molecular complexity index is 1630. The van der Waals surface area contributed by atoms with Crippen LogP contribution in [0.25, 0.3) is 0 Å². The Labute approximate surface area is 264 Å². The molecular weight excluding hydrogens is 598 g/mol. The lowest BCUT2D eigenvalue weighted by molar-refractivity contribution is -0.140. The van der Waals surface area contributed by atoms with Crippen LogP contribution in [0.15, 0.2) is 114 Å². The summed E-state index contributed by atoms with van der Waals surface area (Å²) in [6.45, 7) is 3.96. The molecule has 10 heteroatoms. The SMILES string of the molecule is CCNC(=O)C(Cc1ccccc1)N(Cc1cccc(Cl)c1)C(=O)CN(c1ccccc1)S(=O)(=O)c1ccc(OCC)cc1. The molecule has 8 nitrogen and oxygen atoms in total. The van der Waals surface area contributed by atoms with Crippen LogP contribution < -0.4 is 14.4 Å². The average molecular weight is 634 g/mol. The summed E-state index contributed by atoms with van der Waals surface area (Å²) < 4.78 is 34.7. The van der Waals surface area contributed by atoms with Crippen LogP contribution in [0.5, 0.6) is 5.75 Å². The Morgan fingerprint density at radius 3 is 2.09 bits per heavy atom. The number of nitrogens with one attached hydrogen (secondary N) is 1. The van der Waals surface area contributed by atoms with Crippen molar-refractivity contribution in [2.75, 3.05) is 24.0 Å². The predicted octanol–water partition coefficient (Wildman–Crippen LogP) is 5.71. The Hall–Kier alpha value is -4.34. The van der Waals surface area contributed by atoms with E-state index in [4.69, 9.17) is 16.3 Å². The molecule has 0 saturated carbocycles. The molecule has 4 rings (SSSR count). The molecule has 1 atom stereocenters. The number of benzene rings is 4. The highest BCUT2D eigenvalue weighted by Crippen LogP contribution is 2.26. The fraction of sp³-hybridized carbons (Fsp3) is 0.235. The lowest BCUT2D eigenvalue weighted by Crippen LogP contribution is -2.53. The third kappa shape index (κ3) is 8.39. The molecule has 0 spiro atoms. The molecule has 0 aliphatic carbocycles. The van der Waals surface area contributed by atoms with Gasteiger partial charge in [-0.15, -0.1) is 0 Å². The Kier molecular flexibility index (Phi) is 11.4. The maximum atomic E-state index is 14.4. The highest BCUT2D eigenvalue weighted by atomic mass is 35.5. The summed E-state index contributed by atoms with van der Waals surface area (Å²) in [6.07, 6.45) is 0.232. The first-order chi connectivity index (χ1) is 21.2. The van der Waals surface area contributed by atoms with Crippen molar-refractivity contribution in [3.05, 3.63) is 125 Å². The van der Waals surface area contributed by atoms with E-state index in [-0.39, 0.29) is 23.8 Å². The standard InChI is InChI=1S/C34H36ClN3O5S/c1-3-36-34(40)32(23-26-12-7-5-8-13-26)37(24-27-14-11-15-28(35)22-27)33(39)25-38(29-16-9-6-10-17-29)44(41,42)31-20-18-30(19-21-31)43-4-2/h5-22,32H,3-4,23-25H2,1-2H3,(H,36,40). The minimum absolute atomic E-state index is 0.00330. The third-order valence-electron chi connectivity index (χ3n) is 6.91. The second-order valence-electron chi connectivity index (χ2n) is 10.0. The van der Waals surface area contributed by atoms with Gasteiger partial charge < -0.3 is 15.0 Å². The molecule has 0 aliphatic rings. The molecule has 1 unspecified atom stereocenters. The minimum Gasteiger partial charge on any atom is -0.494 e. The molecule has 230 valence electrons. The lowest BCUT2D eigenvalue weighted by Gasteiger charge is -2.33. The Morgan fingerprint density at radius 1 is 0.841 bits per heavy atom. The van der Waals surface area contributed by atoms with Crippen LogP contribution in [0.2, 0.25) is 5.02 Å². The van der Waals surface area contributed by atoms with E-state index < -0.39 is 28.5 Å². The first-order valence-corrected chi connectivity index (χ1v) is 16.2. The van der Waals surface area contributed by atoms with E-state index in [1.165, 1.54) is 17.0 Å². The van der Waals surface area contributed by atoms with Gasteiger partial charge in [0.1, 0.15) is 18.3 Å². The smallest absolute Gasteiger partial charge is 0.264 e. The summed E-state index contributed by atoms with van der Waals surface area (Å²) in [5.41, 5.74) is 1.87. The van der Waals surface area contributed by atoms with Crippen LogP contribution in [0, 0.1) is 0 Å². The van der Waals surface area contributed by atoms with Gasteiger partial charge in [0.25, 0.3) is 10.0 Å². The summed E-state index contributed by atoms with van der Waals surface area (Å²) in [7, 11) is -4.20. The van der Waals surface area contributed by atoms with E-state index in [0.29, 0.717) is 35.2 Å². The van der Waals surface area contributed by atoms with Crippen LogP contribution in [0.4, 0.5) is 5.69 Å². The molecule has 1 N–H and O–H groups in total. The molecule has 0 aliphatic heterocycles. The largest absolute Gasteiger partial charge is 0.494 e. The highest BCUT2D eigenvalue weighted by Gasteiger charge is 2.34. The van der Waals surface area contributed by atoms with Gasteiger partial charge in [-0.05, 0) is 73.5 Å². The van der Waals surface area contributed by atoms with Crippen LogP contribution in [-0.4, -0.2) is 50.9 Å². The Morgan fingerprint density at radius 2 is 1.48 bits per heavy atom. The number of halogens is 1. The number of carbonyl (C=O) groups is 2. The van der Waals surface area contributed by atoms with Gasteiger partial charge in [0.15, 0.2) is 0 Å². The van der Waals surface area contributed by atoms with Crippen LogP contribution >= 0.6 is 11.6 Å². The van der Waals surface area contributed by atoms with Gasteiger partial charge in [0, 0.05) is 24.5 Å². The van der Waals surface area contributed by atoms with Gasteiger partial charge in [-0.2, -0.15) is 0 Å². The summed E-state index contributed by atoms with van der Waals surface area (Å²) >= 11 is 6.27. The second kappa shape index (κ2) is 15.4. The zero-order chi connectivity index (χ0) is 31.5. The van der Waals surface area contributed by atoms with Crippen molar-refractivity contribution >= 4 is 39.1 Å². The van der Waals surface area contributed by atoms with Gasteiger partial charge in [-0.25, -0.2) is 8.42 Å². The zero-order valence-electron chi connectivity index (χ0n) is 24.7. The first-order valence-electron chi connectivity index (χ1n) is 14.4. The van der Waals surface area contributed by atoms with Gasteiger partial charge >= 0.3 is 0 Å². The van der Waals surface area contributed by atoms with Gasteiger partial charge in [-0.3, -0.25) is 13.9 Å². The number of rotatable bonds is 14. The van der Waals surface area contributed by atoms with Crippen molar-refractivity contribution in [2.45, 2.75) is 37.8 Å². The summed E-state index contributed by atoms with van der Waals surface area (Å²) in [5, 5.41) is 3.34. The van der Waals surface area contributed by atoms with E-state index in [1.54, 1.807) is 67.6 Å². The molecule has 0 saturated heterocycles. The van der Waals surface area contributed by atoms with Crippen molar-refractivity contribution in [1.29, 1.82) is 0 Å². The number of sulfonamides is 1. The molecule has 4 aromatic carbocycles. The molecule has 0 radical (unpaired) electrons. The summed E-state index contributed by atoms with van der Waals surface area (Å²) in [6, 6.07) is 30.0. The monoisotopic (exact) mass is 633 g/mol. The number of carbonyl (C=O) groups excluding carboxylic acids is 2. The van der Waals surface area contributed by atoms with Crippen LogP contribution in [0.3, 0.4) is 0 Å². The van der Waals surface area contributed by atoms with E-state index in [0.717, 1.165) is 9.87 Å². The Balaban J connectivity index is 1.76. The van der Waals surface area contributed by atoms with Crippen molar-refractivity contribution in [1.82, 2.24) is 10.2 Å². The number of nitrogens with zero attached hydrogens (tertiary/aromatic N) is 2. The van der Waals surface area contributed by atoms with Gasteiger partial charge in [0.05, 0.1) is 17.2 Å². The number of para-hydroxylation sites is 1. The fourth-order valence-corrected chi connectivity index (χ4v) is 6.43. The maximum absolute atomic E-state index is 14.4. The zero-order valence-corrected chi connectivity index (χ0v) is 26.3. The molecule has 0 heterocycles. The number of ether oxygens (including phenoxy) is 1. The lowest BCUT2D eigenvalue weighted by atomic mass is 10.0. The van der Waals surface area contributed by atoms with Crippen molar-refractivity contribution in [2.24, 2.45) is 0 Å². The van der Waals surface area contributed by atoms with E-state index in [1.807, 2.05) is 43.3 Å². The highest BCUT2D eigenvalue weighted by molar-refractivity contribution is 7.92. The molecule has 44 heavy (non-hydrogen) atoms. The molecule has 0 fully saturated rings. The van der Waals surface area contributed by atoms with Gasteiger partial charge in [0.2, 0.25) is 11.8 Å². The van der Waals surface area contributed by atoms with E-state index >= 15 is 0 Å². The summed E-state index contributed by atoms with van der Waals surface area (Å²) in [4.78, 5) is 29.3. The third-order valence-corrected chi connectivity index (χ3v) is 8.93. The average Bonchev–Trinajstić information content (AvgIpc) is 3.03. The van der Waals surface area contributed by atoms with Crippen molar-refractivity contribution < 1.29 is 22.7 Å². The molecule has 4 aromatic rings. The number of amides is 2. The molecule has 0 aromatic heterocycles. The van der Waals surface area contributed by atoms with Crippen molar-refractivity contribution in [3.8, 4) is 5.75 Å². The second-order valence-corrected chi connectivity index (χ2v) is 12.3. The number of likely N-dealkylation sites (N-methyl/N-ethyl adjacent to an activating group) is 1. The van der Waals surface area contributed by atoms with Gasteiger partial charge in [-0.1, -0.05) is 72.3 Å². The number of hydrogen-bond acceptors (Lipinski definition) is 5. The molecular formula is C34H36ClN3O5S. The van der Waals surface area contributed by atoms with E-state index in [9.17, 15) is 18.0 Å². The van der Waals surface area contributed by atoms with Crippen LogP contribution in [-0.2, 0) is 32.6 Å². The maximum Gasteiger partial charge on any atom is 0.264 e. The van der Waals surface area contributed by atoms with E-state index in [2.05, 4.69) is 5.32 Å². The normalized spacial score (nSPS) is 11.8. The molecule has 0 bridgehead atoms. The van der Waals surface area contributed by atoms with Crippen molar-refractivity contribution in [3.63, 3.8) is 0 Å². The quantitative estimate of drug-likeness (QED) is 0.192. The first kappa shape index (κ1) is 32.6. The predicted molar refractivity (Wildman–Crippen MR) is 173 cm³/mol. The molecule has 2 amide bonds. The fourth-order valence-electron chi connectivity index (χ4n) is 4.80. The number of hydrogen-bond donors (Lipinski definition) is 1.